The first-order chi connectivity index (χ1) is 10.2. The number of benzene rings is 1. The second-order valence-corrected chi connectivity index (χ2v) is 4.74. The summed E-state index contributed by atoms with van der Waals surface area (Å²) in [5.74, 6) is 0.901. The van der Waals surface area contributed by atoms with Crippen LogP contribution in [0.1, 0.15) is 11.6 Å². The zero-order chi connectivity index (χ0) is 14.8. The Kier molecular flexibility index (Phi) is 3.96. The summed E-state index contributed by atoms with van der Waals surface area (Å²) in [6.07, 6.45) is -1.27. The van der Waals surface area contributed by atoms with Crippen LogP contribution in [0.2, 0.25) is 0 Å². The minimum atomic E-state index is -0.783. The first-order valence-corrected chi connectivity index (χ1v) is 6.62. The fourth-order valence-corrected chi connectivity index (χ4v) is 2.47. The fraction of sp³-hybridized carbons (Fsp3) is 0.500. The minimum absolute atomic E-state index is 0.208. The number of nitrogens with one attached hydrogen (secondary N) is 1. The van der Waals surface area contributed by atoms with E-state index in [9.17, 15) is 4.79 Å². The van der Waals surface area contributed by atoms with E-state index in [1.54, 1.807) is 0 Å². The van der Waals surface area contributed by atoms with Crippen molar-refractivity contribution < 1.29 is 28.5 Å². The third kappa shape index (κ3) is 2.67. The van der Waals surface area contributed by atoms with Crippen LogP contribution in [0.5, 0.6) is 11.5 Å². The Morgan fingerprint density at radius 1 is 1.29 bits per heavy atom. The van der Waals surface area contributed by atoms with E-state index in [1.165, 1.54) is 14.2 Å². The summed E-state index contributed by atoms with van der Waals surface area (Å²) in [5.41, 5.74) is 0.865. The summed E-state index contributed by atoms with van der Waals surface area (Å²) in [4.78, 5) is 11.9. The molecule has 0 aliphatic carbocycles. The van der Waals surface area contributed by atoms with Crippen molar-refractivity contribution in [2.24, 2.45) is 0 Å². The molecule has 0 unspecified atom stereocenters. The molecule has 7 nitrogen and oxygen atoms in total. The molecule has 0 aromatic heterocycles. The average molecular weight is 295 g/mol. The van der Waals surface area contributed by atoms with Crippen LogP contribution in [-0.4, -0.2) is 45.9 Å². The molecule has 1 aromatic rings. The van der Waals surface area contributed by atoms with Crippen LogP contribution in [0, 0.1) is 0 Å². The molecule has 3 atom stereocenters. The van der Waals surface area contributed by atoms with Gasteiger partial charge in [0.2, 0.25) is 6.79 Å². The number of hydrogen-bond donors (Lipinski definition) is 1. The standard InChI is InChI=1S/C14H17NO6/c1-17-11-6-15-12(13(21-11)14(16)18-2)8-3-4-9-10(5-8)20-7-19-9/h3-5,11-13,15H,6-7H2,1-2H3/t11-,12-,13+/m0/s1. The number of morpholine rings is 1. The molecule has 1 saturated heterocycles. The SMILES string of the molecule is COC(=O)[C@@H]1O[C@H](OC)CN[C@H]1c1ccc2c(c1)OCO2. The highest BCUT2D eigenvalue weighted by atomic mass is 16.7. The van der Waals surface area contributed by atoms with Gasteiger partial charge in [-0.2, -0.15) is 0 Å². The van der Waals surface area contributed by atoms with Crippen molar-refractivity contribution in [1.29, 1.82) is 0 Å². The van der Waals surface area contributed by atoms with Gasteiger partial charge in [-0.25, -0.2) is 4.79 Å². The Balaban J connectivity index is 1.86. The van der Waals surface area contributed by atoms with E-state index in [2.05, 4.69) is 5.32 Å². The fourth-order valence-electron chi connectivity index (χ4n) is 2.47. The number of ether oxygens (including phenoxy) is 5. The Labute approximate surface area is 122 Å². The Morgan fingerprint density at radius 3 is 2.86 bits per heavy atom. The van der Waals surface area contributed by atoms with Gasteiger partial charge in [0.25, 0.3) is 0 Å². The number of carbonyl (C=O) groups excluding carboxylic acids is 1. The maximum Gasteiger partial charge on any atom is 0.337 e. The molecular weight excluding hydrogens is 278 g/mol. The molecule has 2 aliphatic rings. The molecule has 7 heteroatoms. The number of hydrogen-bond acceptors (Lipinski definition) is 7. The largest absolute Gasteiger partial charge is 0.467 e. The van der Waals surface area contributed by atoms with Gasteiger partial charge in [-0.05, 0) is 17.7 Å². The Bertz CT molecular complexity index is 534. The molecule has 1 N–H and O–H groups in total. The van der Waals surface area contributed by atoms with Crippen molar-refractivity contribution in [3.8, 4) is 11.5 Å². The maximum atomic E-state index is 11.9. The van der Waals surface area contributed by atoms with Crippen LogP contribution < -0.4 is 14.8 Å². The van der Waals surface area contributed by atoms with Crippen LogP contribution >= 0.6 is 0 Å². The third-order valence-electron chi connectivity index (χ3n) is 3.56. The monoisotopic (exact) mass is 295 g/mol. The van der Waals surface area contributed by atoms with E-state index in [4.69, 9.17) is 23.7 Å². The smallest absolute Gasteiger partial charge is 0.337 e. The maximum absolute atomic E-state index is 11.9. The molecule has 1 aromatic carbocycles. The predicted molar refractivity (Wildman–Crippen MR) is 71.0 cm³/mol. The lowest BCUT2D eigenvalue weighted by Gasteiger charge is -2.35. The summed E-state index contributed by atoms with van der Waals surface area (Å²) < 4.78 is 26.2. The summed E-state index contributed by atoms with van der Waals surface area (Å²) in [7, 11) is 2.86. The van der Waals surface area contributed by atoms with Crippen LogP contribution in [0.4, 0.5) is 0 Å². The number of carbonyl (C=O) groups is 1. The molecule has 0 saturated carbocycles. The molecular formula is C14H17NO6. The molecule has 114 valence electrons. The van der Waals surface area contributed by atoms with Crippen molar-refractivity contribution in [2.45, 2.75) is 18.4 Å². The highest BCUT2D eigenvalue weighted by Crippen LogP contribution is 2.36. The van der Waals surface area contributed by atoms with Crippen LogP contribution in [0.3, 0.4) is 0 Å². The summed E-state index contributed by atoms with van der Waals surface area (Å²) >= 11 is 0. The van der Waals surface area contributed by atoms with E-state index in [1.807, 2.05) is 18.2 Å². The van der Waals surface area contributed by atoms with Crippen molar-refractivity contribution in [3.05, 3.63) is 23.8 Å². The van der Waals surface area contributed by atoms with E-state index >= 15 is 0 Å². The summed E-state index contributed by atoms with van der Waals surface area (Å²) in [6.45, 7) is 0.683. The van der Waals surface area contributed by atoms with Gasteiger partial charge in [0, 0.05) is 13.7 Å². The molecule has 0 bridgehead atoms. The lowest BCUT2D eigenvalue weighted by atomic mass is 9.99. The van der Waals surface area contributed by atoms with Gasteiger partial charge < -0.3 is 29.0 Å². The van der Waals surface area contributed by atoms with Crippen LogP contribution in [-0.2, 0) is 19.0 Å². The molecule has 0 amide bonds. The highest BCUT2D eigenvalue weighted by molar-refractivity contribution is 5.76. The molecule has 0 radical (unpaired) electrons. The zero-order valence-corrected chi connectivity index (χ0v) is 11.8. The lowest BCUT2D eigenvalue weighted by Crippen LogP contribution is -2.51. The normalized spacial score (nSPS) is 27.4. The molecule has 2 heterocycles. The first-order valence-electron chi connectivity index (χ1n) is 6.62. The molecule has 2 aliphatic heterocycles. The quantitative estimate of drug-likeness (QED) is 0.818. The lowest BCUT2D eigenvalue weighted by molar-refractivity contribution is -0.202. The van der Waals surface area contributed by atoms with E-state index in [0.717, 1.165) is 5.56 Å². The topological polar surface area (TPSA) is 75.3 Å². The zero-order valence-electron chi connectivity index (χ0n) is 11.8. The summed E-state index contributed by atoms with van der Waals surface area (Å²) in [6, 6.07) is 5.19. The van der Waals surface area contributed by atoms with Gasteiger partial charge in [0.1, 0.15) is 0 Å². The number of fused-ring (bicyclic) bond motifs is 1. The second kappa shape index (κ2) is 5.88. The van der Waals surface area contributed by atoms with Gasteiger partial charge in [-0.3, -0.25) is 0 Å². The first kappa shape index (κ1) is 14.1. The van der Waals surface area contributed by atoms with Crippen LogP contribution in [0.15, 0.2) is 18.2 Å². The van der Waals surface area contributed by atoms with Gasteiger partial charge in [-0.1, -0.05) is 6.07 Å². The molecule has 21 heavy (non-hydrogen) atoms. The van der Waals surface area contributed by atoms with Gasteiger partial charge in [0.15, 0.2) is 23.9 Å². The minimum Gasteiger partial charge on any atom is -0.467 e. The highest BCUT2D eigenvalue weighted by Gasteiger charge is 2.38. The summed E-state index contributed by atoms with van der Waals surface area (Å²) in [5, 5.41) is 3.25. The number of methoxy groups -OCH3 is 2. The Hall–Kier alpha value is -1.83. The average Bonchev–Trinajstić information content (AvgIpc) is 3.01. The molecule has 3 rings (SSSR count). The van der Waals surface area contributed by atoms with Crippen molar-refractivity contribution >= 4 is 5.97 Å². The van der Waals surface area contributed by atoms with Crippen LogP contribution in [0.25, 0.3) is 0 Å². The van der Waals surface area contributed by atoms with Crippen molar-refractivity contribution in [1.82, 2.24) is 5.32 Å². The number of rotatable bonds is 3. The molecule has 0 spiro atoms. The Morgan fingerprint density at radius 2 is 2.10 bits per heavy atom. The van der Waals surface area contributed by atoms with E-state index in [0.29, 0.717) is 18.0 Å². The van der Waals surface area contributed by atoms with E-state index < -0.39 is 18.4 Å². The van der Waals surface area contributed by atoms with Crippen molar-refractivity contribution in [3.63, 3.8) is 0 Å². The number of esters is 1. The third-order valence-corrected chi connectivity index (χ3v) is 3.56. The van der Waals surface area contributed by atoms with E-state index in [-0.39, 0.29) is 12.8 Å². The van der Waals surface area contributed by atoms with Gasteiger partial charge >= 0.3 is 5.97 Å². The van der Waals surface area contributed by atoms with Gasteiger partial charge in [-0.15, -0.1) is 0 Å². The van der Waals surface area contributed by atoms with Gasteiger partial charge in [0.05, 0.1) is 13.2 Å². The second-order valence-electron chi connectivity index (χ2n) is 4.74. The predicted octanol–water partition coefficient (Wildman–Crippen LogP) is 0.590. The molecule has 1 fully saturated rings. The van der Waals surface area contributed by atoms with Crippen molar-refractivity contribution in [2.75, 3.05) is 27.6 Å².